The van der Waals surface area contributed by atoms with Crippen molar-refractivity contribution < 1.29 is 14.7 Å². The molecule has 4 N–H and O–H groups in total. The summed E-state index contributed by atoms with van der Waals surface area (Å²) in [5.74, 6) is -1.28. The fraction of sp³-hybridized carbons (Fsp3) is 0.846. The van der Waals surface area contributed by atoms with Crippen LogP contribution in [0.4, 0.5) is 0 Å². The average molecular weight is 258 g/mol. The molecule has 5 heteroatoms. The van der Waals surface area contributed by atoms with E-state index in [2.05, 4.69) is 5.32 Å². The van der Waals surface area contributed by atoms with E-state index in [-0.39, 0.29) is 23.8 Å². The van der Waals surface area contributed by atoms with E-state index in [1.807, 2.05) is 27.7 Å². The highest BCUT2D eigenvalue weighted by atomic mass is 16.4. The van der Waals surface area contributed by atoms with Crippen molar-refractivity contribution in [2.24, 2.45) is 11.1 Å². The standard InChI is InChI=1S/C13H26N2O3/c1-5-6-7-9(12(17)18)15-11(16)8-10(14)13(2,3)4/h9-10H,5-8,14H2,1-4H3,(H,15,16)(H,17,18). The molecule has 0 aliphatic rings. The van der Waals surface area contributed by atoms with Crippen molar-refractivity contribution in [1.82, 2.24) is 5.32 Å². The number of nitrogens with one attached hydrogen (secondary N) is 1. The largest absolute Gasteiger partial charge is 0.480 e. The third-order valence-electron chi connectivity index (χ3n) is 3.00. The van der Waals surface area contributed by atoms with Gasteiger partial charge in [0.25, 0.3) is 0 Å². The zero-order valence-corrected chi connectivity index (χ0v) is 11.8. The number of rotatable bonds is 7. The molecule has 0 saturated carbocycles. The maximum absolute atomic E-state index is 11.7. The van der Waals surface area contributed by atoms with Crippen LogP contribution in [0.25, 0.3) is 0 Å². The second kappa shape index (κ2) is 7.36. The zero-order chi connectivity index (χ0) is 14.3. The normalized spacial score (nSPS) is 14.9. The summed E-state index contributed by atoms with van der Waals surface area (Å²) in [6, 6.07) is -1.08. The lowest BCUT2D eigenvalue weighted by molar-refractivity contribution is -0.142. The van der Waals surface area contributed by atoms with Gasteiger partial charge >= 0.3 is 5.97 Å². The molecule has 0 aliphatic carbocycles. The van der Waals surface area contributed by atoms with Gasteiger partial charge in [-0.15, -0.1) is 0 Å². The summed E-state index contributed by atoms with van der Waals surface area (Å²) in [6.07, 6.45) is 2.30. The fourth-order valence-corrected chi connectivity index (χ4v) is 1.42. The van der Waals surface area contributed by atoms with Gasteiger partial charge in [-0.2, -0.15) is 0 Å². The molecule has 0 rings (SSSR count). The van der Waals surface area contributed by atoms with Crippen LogP contribution in [0.15, 0.2) is 0 Å². The Balaban J connectivity index is 4.30. The minimum atomic E-state index is -0.985. The van der Waals surface area contributed by atoms with Gasteiger partial charge in [-0.3, -0.25) is 4.79 Å². The first-order chi connectivity index (χ1) is 8.18. The molecule has 2 atom stereocenters. The molecule has 0 spiro atoms. The van der Waals surface area contributed by atoms with Crippen LogP contribution in [0.1, 0.15) is 53.4 Å². The predicted molar refractivity (Wildman–Crippen MR) is 71.1 cm³/mol. The molecule has 0 aliphatic heterocycles. The van der Waals surface area contributed by atoms with E-state index in [1.165, 1.54) is 0 Å². The molecule has 0 bridgehead atoms. The maximum atomic E-state index is 11.7. The molecule has 0 aromatic heterocycles. The van der Waals surface area contributed by atoms with Crippen molar-refractivity contribution in [3.63, 3.8) is 0 Å². The van der Waals surface area contributed by atoms with Gasteiger partial charge in [-0.05, 0) is 11.8 Å². The van der Waals surface area contributed by atoms with E-state index in [0.29, 0.717) is 6.42 Å². The Labute approximate surface area is 109 Å². The number of unbranched alkanes of at least 4 members (excludes halogenated alkanes) is 1. The van der Waals surface area contributed by atoms with Crippen LogP contribution in [0.3, 0.4) is 0 Å². The molecule has 2 unspecified atom stereocenters. The number of hydrogen-bond donors (Lipinski definition) is 3. The zero-order valence-electron chi connectivity index (χ0n) is 11.8. The van der Waals surface area contributed by atoms with Gasteiger partial charge in [0.2, 0.25) is 5.91 Å². The van der Waals surface area contributed by atoms with Crippen molar-refractivity contribution in [3.8, 4) is 0 Å². The number of nitrogens with two attached hydrogens (primary N) is 1. The molecule has 0 aromatic rings. The molecular weight excluding hydrogens is 232 g/mol. The predicted octanol–water partition coefficient (Wildman–Crippen LogP) is 1.51. The number of carboxylic acid groups (broad SMARTS) is 1. The second-order valence-electron chi connectivity index (χ2n) is 5.78. The molecule has 0 saturated heterocycles. The highest BCUT2D eigenvalue weighted by Gasteiger charge is 2.25. The van der Waals surface area contributed by atoms with E-state index < -0.39 is 12.0 Å². The second-order valence-corrected chi connectivity index (χ2v) is 5.78. The number of carbonyl (C=O) groups excluding carboxylic acids is 1. The van der Waals surface area contributed by atoms with Crippen molar-refractivity contribution in [2.75, 3.05) is 0 Å². The van der Waals surface area contributed by atoms with Gasteiger partial charge in [0.15, 0.2) is 0 Å². The summed E-state index contributed by atoms with van der Waals surface area (Å²) in [6.45, 7) is 7.85. The summed E-state index contributed by atoms with van der Waals surface area (Å²) in [7, 11) is 0. The summed E-state index contributed by atoms with van der Waals surface area (Å²) in [4.78, 5) is 22.7. The SMILES string of the molecule is CCCCC(NC(=O)CC(N)C(C)(C)C)C(=O)O. The van der Waals surface area contributed by atoms with Gasteiger partial charge in [-0.1, -0.05) is 40.5 Å². The molecule has 18 heavy (non-hydrogen) atoms. The molecule has 0 heterocycles. The minimum absolute atomic E-state index is 0.152. The van der Waals surface area contributed by atoms with E-state index in [0.717, 1.165) is 12.8 Å². The first-order valence-corrected chi connectivity index (χ1v) is 6.46. The first kappa shape index (κ1) is 16.9. The highest BCUT2D eigenvalue weighted by molar-refractivity contribution is 5.83. The molecule has 1 amide bonds. The Hall–Kier alpha value is -1.10. The Bertz CT molecular complexity index is 284. The molecular formula is C13H26N2O3. The summed E-state index contributed by atoms with van der Waals surface area (Å²) < 4.78 is 0. The number of carboxylic acids is 1. The smallest absolute Gasteiger partial charge is 0.326 e. The number of aliphatic carboxylic acids is 1. The third kappa shape index (κ3) is 6.59. The molecule has 0 aromatic carbocycles. The van der Waals surface area contributed by atoms with Crippen LogP contribution in [0, 0.1) is 5.41 Å². The average Bonchev–Trinajstić information content (AvgIpc) is 2.22. The lowest BCUT2D eigenvalue weighted by Gasteiger charge is -2.27. The van der Waals surface area contributed by atoms with Crippen molar-refractivity contribution in [3.05, 3.63) is 0 Å². The topological polar surface area (TPSA) is 92.4 Å². The Kier molecular flexibility index (Phi) is 6.91. The first-order valence-electron chi connectivity index (χ1n) is 6.46. The van der Waals surface area contributed by atoms with Gasteiger partial charge in [0.05, 0.1) is 0 Å². The van der Waals surface area contributed by atoms with Crippen LogP contribution in [0.2, 0.25) is 0 Å². The van der Waals surface area contributed by atoms with Crippen molar-refractivity contribution >= 4 is 11.9 Å². The fourth-order valence-electron chi connectivity index (χ4n) is 1.42. The van der Waals surface area contributed by atoms with Crippen LogP contribution in [-0.2, 0) is 9.59 Å². The highest BCUT2D eigenvalue weighted by Crippen LogP contribution is 2.19. The minimum Gasteiger partial charge on any atom is -0.480 e. The van der Waals surface area contributed by atoms with Gasteiger partial charge < -0.3 is 16.2 Å². The van der Waals surface area contributed by atoms with Crippen molar-refractivity contribution in [1.29, 1.82) is 0 Å². The lowest BCUT2D eigenvalue weighted by Crippen LogP contribution is -2.45. The third-order valence-corrected chi connectivity index (χ3v) is 3.00. The van der Waals surface area contributed by atoms with Crippen LogP contribution >= 0.6 is 0 Å². The summed E-state index contributed by atoms with van der Waals surface area (Å²) >= 11 is 0. The number of carbonyl (C=O) groups is 2. The summed E-state index contributed by atoms with van der Waals surface area (Å²) in [5.41, 5.74) is 5.73. The van der Waals surface area contributed by atoms with Crippen LogP contribution in [-0.4, -0.2) is 29.1 Å². The molecule has 0 fully saturated rings. The Morgan fingerprint density at radius 1 is 1.33 bits per heavy atom. The van der Waals surface area contributed by atoms with E-state index >= 15 is 0 Å². The van der Waals surface area contributed by atoms with Gasteiger partial charge in [0, 0.05) is 12.5 Å². The number of amides is 1. The molecule has 0 radical (unpaired) electrons. The van der Waals surface area contributed by atoms with Gasteiger partial charge in [0.1, 0.15) is 6.04 Å². The Morgan fingerprint density at radius 3 is 2.28 bits per heavy atom. The Morgan fingerprint density at radius 2 is 1.89 bits per heavy atom. The monoisotopic (exact) mass is 258 g/mol. The van der Waals surface area contributed by atoms with Crippen LogP contribution < -0.4 is 11.1 Å². The van der Waals surface area contributed by atoms with E-state index in [4.69, 9.17) is 10.8 Å². The number of hydrogen-bond acceptors (Lipinski definition) is 3. The van der Waals surface area contributed by atoms with E-state index in [1.54, 1.807) is 0 Å². The van der Waals surface area contributed by atoms with E-state index in [9.17, 15) is 9.59 Å². The molecule has 5 nitrogen and oxygen atoms in total. The maximum Gasteiger partial charge on any atom is 0.326 e. The lowest BCUT2D eigenvalue weighted by atomic mass is 9.85. The van der Waals surface area contributed by atoms with Gasteiger partial charge in [-0.25, -0.2) is 4.79 Å². The summed E-state index contributed by atoms with van der Waals surface area (Å²) in [5, 5.41) is 11.5. The van der Waals surface area contributed by atoms with Crippen LogP contribution in [0.5, 0.6) is 0 Å². The quantitative estimate of drug-likeness (QED) is 0.645. The molecule has 106 valence electrons. The van der Waals surface area contributed by atoms with Crippen molar-refractivity contribution in [2.45, 2.75) is 65.5 Å².